The van der Waals surface area contributed by atoms with Crippen LogP contribution >= 0.6 is 0 Å². The van der Waals surface area contributed by atoms with Crippen molar-refractivity contribution >= 4 is 11.9 Å². The average Bonchev–Trinajstić information content (AvgIpc) is 2.36. The molecule has 1 aliphatic rings. The largest absolute Gasteiger partial charge is 0.480 e. The fraction of sp³-hybridized carbons (Fsp3) is 0.467. The molecule has 1 aromatic carbocycles. The van der Waals surface area contributed by atoms with Gasteiger partial charge < -0.3 is 10.0 Å². The maximum Gasteiger partial charge on any atom is 0.326 e. The normalized spacial score (nSPS) is 22.6. The summed E-state index contributed by atoms with van der Waals surface area (Å²) in [5.41, 5.74) is 0.855. The number of halogens is 1. The van der Waals surface area contributed by atoms with Crippen molar-refractivity contribution in [1.82, 2.24) is 4.90 Å². The Morgan fingerprint density at radius 1 is 1.35 bits per heavy atom. The molecule has 1 fully saturated rings. The van der Waals surface area contributed by atoms with Gasteiger partial charge in [-0.05, 0) is 49.4 Å². The fourth-order valence-electron chi connectivity index (χ4n) is 2.64. The van der Waals surface area contributed by atoms with Crippen molar-refractivity contribution in [3.8, 4) is 0 Å². The maximum absolute atomic E-state index is 13.4. The molecule has 20 heavy (non-hydrogen) atoms. The molecule has 0 aromatic heterocycles. The standard InChI is InChI=1S/C15H18FNO3/c1-9-3-4-17(13(7-9)15(19)20)14(18)11-5-10(2)6-12(16)8-11/h5-6,8-9,13H,3-4,7H2,1-2H3,(H,19,20). The number of nitrogens with zero attached hydrogens (tertiary/aromatic N) is 1. The van der Waals surface area contributed by atoms with Crippen LogP contribution in [0.2, 0.25) is 0 Å². The van der Waals surface area contributed by atoms with Crippen LogP contribution in [0.25, 0.3) is 0 Å². The summed E-state index contributed by atoms with van der Waals surface area (Å²) in [5.74, 6) is -1.62. The number of carboxylic acids is 1. The second kappa shape index (κ2) is 5.61. The molecular weight excluding hydrogens is 261 g/mol. The third kappa shape index (κ3) is 2.98. The molecule has 2 atom stereocenters. The molecule has 108 valence electrons. The number of carbonyl (C=O) groups is 2. The molecule has 1 amide bonds. The maximum atomic E-state index is 13.4. The van der Waals surface area contributed by atoms with Crippen LogP contribution in [0, 0.1) is 18.7 Å². The van der Waals surface area contributed by atoms with Gasteiger partial charge in [-0.3, -0.25) is 4.79 Å². The highest BCUT2D eigenvalue weighted by atomic mass is 19.1. The summed E-state index contributed by atoms with van der Waals surface area (Å²) >= 11 is 0. The van der Waals surface area contributed by atoms with Crippen molar-refractivity contribution in [2.75, 3.05) is 6.54 Å². The lowest BCUT2D eigenvalue weighted by atomic mass is 9.91. The highest BCUT2D eigenvalue weighted by molar-refractivity contribution is 5.97. The number of rotatable bonds is 2. The molecule has 5 heteroatoms. The van der Waals surface area contributed by atoms with Gasteiger partial charge in [0.15, 0.2) is 0 Å². The summed E-state index contributed by atoms with van der Waals surface area (Å²) in [4.78, 5) is 25.1. The van der Waals surface area contributed by atoms with Gasteiger partial charge in [-0.25, -0.2) is 9.18 Å². The zero-order chi connectivity index (χ0) is 14.9. The van der Waals surface area contributed by atoms with E-state index in [0.717, 1.165) is 12.5 Å². The number of piperidine rings is 1. The monoisotopic (exact) mass is 279 g/mol. The van der Waals surface area contributed by atoms with Crippen LogP contribution in [0.3, 0.4) is 0 Å². The summed E-state index contributed by atoms with van der Waals surface area (Å²) in [5, 5.41) is 9.26. The SMILES string of the molecule is Cc1cc(F)cc(C(=O)N2CCC(C)CC2C(=O)O)c1. The lowest BCUT2D eigenvalue weighted by Gasteiger charge is -2.36. The molecule has 0 radical (unpaired) electrons. The molecule has 1 N–H and O–H groups in total. The van der Waals surface area contributed by atoms with Gasteiger partial charge in [0.25, 0.3) is 5.91 Å². The quantitative estimate of drug-likeness (QED) is 0.904. The number of carboxylic acid groups (broad SMARTS) is 1. The summed E-state index contributed by atoms with van der Waals surface area (Å²) in [6.45, 7) is 4.07. The zero-order valence-electron chi connectivity index (χ0n) is 11.6. The summed E-state index contributed by atoms with van der Waals surface area (Å²) in [7, 11) is 0. The van der Waals surface area contributed by atoms with Gasteiger partial charge in [0.2, 0.25) is 0 Å². The van der Waals surface area contributed by atoms with E-state index in [1.807, 2.05) is 6.92 Å². The molecular formula is C15H18FNO3. The van der Waals surface area contributed by atoms with E-state index in [4.69, 9.17) is 0 Å². The van der Waals surface area contributed by atoms with Crippen LogP contribution in [0.5, 0.6) is 0 Å². The number of amides is 1. The molecule has 1 saturated heterocycles. The van der Waals surface area contributed by atoms with E-state index < -0.39 is 23.7 Å². The molecule has 1 heterocycles. The highest BCUT2D eigenvalue weighted by Gasteiger charge is 2.35. The Bertz CT molecular complexity index is 524. The molecule has 1 aromatic rings. The minimum Gasteiger partial charge on any atom is -0.480 e. The number of hydrogen-bond acceptors (Lipinski definition) is 2. The van der Waals surface area contributed by atoms with Crippen LogP contribution in [0.4, 0.5) is 4.39 Å². The van der Waals surface area contributed by atoms with Crippen LogP contribution in [-0.4, -0.2) is 34.5 Å². The first-order chi connectivity index (χ1) is 9.38. The lowest BCUT2D eigenvalue weighted by molar-refractivity contribution is -0.144. The Labute approximate surface area is 117 Å². The third-order valence-corrected chi connectivity index (χ3v) is 3.70. The van der Waals surface area contributed by atoms with Gasteiger partial charge >= 0.3 is 5.97 Å². The molecule has 4 nitrogen and oxygen atoms in total. The first kappa shape index (κ1) is 14.5. The molecule has 2 unspecified atom stereocenters. The number of carbonyl (C=O) groups excluding carboxylic acids is 1. The van der Waals surface area contributed by atoms with E-state index in [2.05, 4.69) is 0 Å². The number of likely N-dealkylation sites (tertiary alicyclic amines) is 1. The van der Waals surface area contributed by atoms with Gasteiger partial charge in [-0.1, -0.05) is 6.92 Å². The first-order valence-electron chi connectivity index (χ1n) is 6.69. The van der Waals surface area contributed by atoms with Gasteiger partial charge in [-0.2, -0.15) is 0 Å². The summed E-state index contributed by atoms with van der Waals surface area (Å²) < 4.78 is 13.4. The summed E-state index contributed by atoms with van der Waals surface area (Å²) in [6.07, 6.45) is 1.21. The van der Waals surface area contributed by atoms with Crippen LogP contribution in [-0.2, 0) is 4.79 Å². The topological polar surface area (TPSA) is 57.6 Å². The molecule has 0 bridgehead atoms. The molecule has 0 aliphatic carbocycles. The predicted octanol–water partition coefficient (Wildman–Crippen LogP) is 2.46. The number of hydrogen-bond donors (Lipinski definition) is 1. The predicted molar refractivity (Wildman–Crippen MR) is 72.0 cm³/mol. The Kier molecular flexibility index (Phi) is 4.06. The van der Waals surface area contributed by atoms with Crippen molar-refractivity contribution in [3.63, 3.8) is 0 Å². The Balaban J connectivity index is 2.28. The Morgan fingerprint density at radius 2 is 2.05 bits per heavy atom. The average molecular weight is 279 g/mol. The van der Waals surface area contributed by atoms with Gasteiger partial charge in [0.05, 0.1) is 0 Å². The van der Waals surface area contributed by atoms with E-state index in [1.54, 1.807) is 13.0 Å². The minimum absolute atomic E-state index is 0.211. The number of benzene rings is 1. The third-order valence-electron chi connectivity index (χ3n) is 3.70. The summed E-state index contributed by atoms with van der Waals surface area (Å²) in [6, 6.07) is 3.26. The van der Waals surface area contributed by atoms with Gasteiger partial charge in [-0.15, -0.1) is 0 Å². The van der Waals surface area contributed by atoms with Crippen molar-refractivity contribution in [3.05, 3.63) is 35.1 Å². The fourth-order valence-corrected chi connectivity index (χ4v) is 2.64. The van der Waals surface area contributed by atoms with Crippen molar-refractivity contribution in [1.29, 1.82) is 0 Å². The highest BCUT2D eigenvalue weighted by Crippen LogP contribution is 2.25. The van der Waals surface area contributed by atoms with E-state index >= 15 is 0 Å². The number of aryl methyl sites for hydroxylation is 1. The molecule has 0 saturated carbocycles. The van der Waals surface area contributed by atoms with Crippen LogP contribution in [0.15, 0.2) is 18.2 Å². The van der Waals surface area contributed by atoms with Gasteiger partial charge in [0, 0.05) is 12.1 Å². The smallest absolute Gasteiger partial charge is 0.326 e. The second-order valence-electron chi connectivity index (χ2n) is 5.50. The molecule has 1 aliphatic heterocycles. The van der Waals surface area contributed by atoms with Gasteiger partial charge in [0.1, 0.15) is 11.9 Å². The Morgan fingerprint density at radius 3 is 2.65 bits per heavy atom. The molecule has 0 spiro atoms. The van der Waals surface area contributed by atoms with Crippen molar-refractivity contribution in [2.24, 2.45) is 5.92 Å². The lowest BCUT2D eigenvalue weighted by Crippen LogP contribution is -2.49. The first-order valence-corrected chi connectivity index (χ1v) is 6.69. The van der Waals surface area contributed by atoms with Crippen molar-refractivity contribution in [2.45, 2.75) is 32.7 Å². The second-order valence-corrected chi connectivity index (χ2v) is 5.50. The molecule has 2 rings (SSSR count). The zero-order valence-corrected chi connectivity index (χ0v) is 11.6. The Hall–Kier alpha value is -1.91. The van der Waals surface area contributed by atoms with E-state index in [1.165, 1.54) is 11.0 Å². The van der Waals surface area contributed by atoms with Crippen LogP contribution < -0.4 is 0 Å². The number of aliphatic carboxylic acids is 1. The minimum atomic E-state index is -1.00. The van der Waals surface area contributed by atoms with E-state index in [9.17, 15) is 19.1 Å². The van der Waals surface area contributed by atoms with Crippen LogP contribution in [0.1, 0.15) is 35.7 Å². The van der Waals surface area contributed by atoms with E-state index in [-0.39, 0.29) is 11.5 Å². The van der Waals surface area contributed by atoms with E-state index in [0.29, 0.717) is 18.5 Å². The van der Waals surface area contributed by atoms with Crippen molar-refractivity contribution < 1.29 is 19.1 Å².